The third kappa shape index (κ3) is 3.89. The number of hydrogen-bond acceptors (Lipinski definition) is 6. The van der Waals surface area contributed by atoms with E-state index >= 15 is 0 Å². The first-order valence-electron chi connectivity index (χ1n) is 9.20. The van der Waals surface area contributed by atoms with Crippen LogP contribution in [0.1, 0.15) is 11.3 Å². The topological polar surface area (TPSA) is 78.9 Å². The molecule has 0 bridgehead atoms. The van der Waals surface area contributed by atoms with Crippen molar-refractivity contribution in [3.63, 3.8) is 0 Å². The number of carbonyl (C=O) groups is 1. The number of esters is 1. The highest BCUT2D eigenvalue weighted by Crippen LogP contribution is 2.32. The lowest BCUT2D eigenvalue weighted by atomic mass is 10.1. The molecular weight excluding hydrogens is 384 g/mol. The van der Waals surface area contributed by atoms with Gasteiger partial charge in [-0.05, 0) is 61.5 Å². The minimum atomic E-state index is -0.722. The summed E-state index contributed by atoms with van der Waals surface area (Å²) in [4.78, 5) is 25.6. The van der Waals surface area contributed by atoms with Crippen molar-refractivity contribution in [3.05, 3.63) is 88.5 Å². The molecule has 6 heteroatoms. The molecule has 0 unspecified atom stereocenters. The summed E-state index contributed by atoms with van der Waals surface area (Å²) in [6.07, 6.45) is 4.14. The van der Waals surface area contributed by atoms with Crippen molar-refractivity contribution in [3.8, 4) is 22.8 Å². The van der Waals surface area contributed by atoms with E-state index in [1.165, 1.54) is 18.4 Å². The molecule has 0 amide bonds. The highest BCUT2D eigenvalue weighted by molar-refractivity contribution is 5.90. The van der Waals surface area contributed by atoms with E-state index in [0.29, 0.717) is 28.0 Å². The summed E-state index contributed by atoms with van der Waals surface area (Å²) < 4.78 is 21.7. The van der Waals surface area contributed by atoms with Crippen molar-refractivity contribution in [2.24, 2.45) is 0 Å². The molecule has 0 saturated heterocycles. The molecule has 0 aliphatic carbocycles. The zero-order chi connectivity index (χ0) is 21.1. The molecule has 0 atom stereocenters. The fourth-order valence-electron chi connectivity index (χ4n) is 2.99. The van der Waals surface area contributed by atoms with E-state index in [-0.39, 0.29) is 11.5 Å². The molecule has 0 radical (unpaired) electrons. The lowest BCUT2D eigenvalue weighted by molar-refractivity contribution is -0.129. The zero-order valence-corrected chi connectivity index (χ0v) is 16.4. The third-order valence-corrected chi connectivity index (χ3v) is 4.49. The maximum absolute atomic E-state index is 13.2. The van der Waals surface area contributed by atoms with E-state index in [2.05, 4.69) is 0 Å². The lowest BCUT2D eigenvalue weighted by Gasteiger charge is -2.10. The SMILES string of the molecule is COc1ccc(-c2oc3ccc(C)cc3c(=O)c2OC(=O)/C=C/c2ccco2)cc1. The van der Waals surface area contributed by atoms with E-state index in [9.17, 15) is 9.59 Å². The Labute approximate surface area is 172 Å². The first-order valence-corrected chi connectivity index (χ1v) is 9.20. The Morgan fingerprint density at radius 2 is 1.87 bits per heavy atom. The fourth-order valence-corrected chi connectivity index (χ4v) is 2.99. The Morgan fingerprint density at radius 3 is 2.57 bits per heavy atom. The van der Waals surface area contributed by atoms with Gasteiger partial charge in [-0.15, -0.1) is 0 Å². The normalized spacial score (nSPS) is 11.1. The van der Waals surface area contributed by atoms with Crippen LogP contribution in [0, 0.1) is 6.92 Å². The monoisotopic (exact) mass is 402 g/mol. The van der Waals surface area contributed by atoms with Gasteiger partial charge in [0.25, 0.3) is 0 Å². The van der Waals surface area contributed by atoms with Gasteiger partial charge < -0.3 is 18.3 Å². The van der Waals surface area contributed by atoms with Gasteiger partial charge in [-0.1, -0.05) is 11.6 Å². The van der Waals surface area contributed by atoms with Gasteiger partial charge in [0, 0.05) is 11.6 Å². The molecular formula is C24H18O6. The molecule has 150 valence electrons. The Balaban J connectivity index is 1.81. The molecule has 2 aromatic carbocycles. The van der Waals surface area contributed by atoms with Gasteiger partial charge in [-0.25, -0.2) is 4.79 Å². The van der Waals surface area contributed by atoms with E-state index < -0.39 is 11.4 Å². The van der Waals surface area contributed by atoms with Gasteiger partial charge in [0.1, 0.15) is 17.1 Å². The maximum Gasteiger partial charge on any atom is 0.336 e. The molecule has 6 nitrogen and oxygen atoms in total. The van der Waals surface area contributed by atoms with Crippen molar-refractivity contribution in [1.82, 2.24) is 0 Å². The van der Waals surface area contributed by atoms with Crippen LogP contribution in [0.3, 0.4) is 0 Å². The average Bonchev–Trinajstić information content (AvgIpc) is 3.28. The molecule has 0 aliphatic rings. The molecule has 0 spiro atoms. The minimum absolute atomic E-state index is 0.166. The van der Waals surface area contributed by atoms with E-state index in [1.807, 2.05) is 13.0 Å². The Morgan fingerprint density at radius 1 is 1.07 bits per heavy atom. The van der Waals surface area contributed by atoms with Gasteiger partial charge in [-0.2, -0.15) is 0 Å². The van der Waals surface area contributed by atoms with Crippen LogP contribution < -0.4 is 14.9 Å². The molecule has 0 aliphatic heterocycles. The van der Waals surface area contributed by atoms with Gasteiger partial charge in [-0.3, -0.25) is 4.79 Å². The van der Waals surface area contributed by atoms with Gasteiger partial charge in [0.15, 0.2) is 5.76 Å². The summed E-state index contributed by atoms with van der Waals surface area (Å²) in [5, 5.41) is 0.338. The number of ether oxygens (including phenoxy) is 2. The average molecular weight is 402 g/mol. The number of aryl methyl sites for hydroxylation is 1. The second-order valence-corrected chi connectivity index (χ2v) is 6.59. The predicted octanol–water partition coefficient (Wildman–Crippen LogP) is 4.99. The first kappa shape index (κ1) is 19.3. The Kier molecular flexibility index (Phi) is 5.22. The van der Waals surface area contributed by atoms with Crippen molar-refractivity contribution in [2.45, 2.75) is 6.92 Å². The summed E-state index contributed by atoms with van der Waals surface area (Å²) in [6.45, 7) is 1.87. The summed E-state index contributed by atoms with van der Waals surface area (Å²) in [6, 6.07) is 15.6. The van der Waals surface area contributed by atoms with Crippen LogP contribution >= 0.6 is 0 Å². The van der Waals surface area contributed by atoms with Crippen LogP contribution in [0.15, 0.2) is 80.6 Å². The van der Waals surface area contributed by atoms with Crippen LogP contribution in [-0.4, -0.2) is 13.1 Å². The number of rotatable bonds is 5. The molecule has 30 heavy (non-hydrogen) atoms. The highest BCUT2D eigenvalue weighted by atomic mass is 16.5. The Hall–Kier alpha value is -4.06. The van der Waals surface area contributed by atoms with E-state index in [0.717, 1.165) is 5.56 Å². The molecule has 4 rings (SSSR count). The predicted molar refractivity (Wildman–Crippen MR) is 113 cm³/mol. The van der Waals surface area contributed by atoms with Crippen molar-refractivity contribution >= 4 is 23.0 Å². The van der Waals surface area contributed by atoms with Crippen LogP contribution in [0.2, 0.25) is 0 Å². The van der Waals surface area contributed by atoms with Gasteiger partial charge >= 0.3 is 5.97 Å². The molecule has 0 saturated carbocycles. The number of methoxy groups -OCH3 is 1. The van der Waals surface area contributed by atoms with Crippen LogP contribution in [0.4, 0.5) is 0 Å². The number of hydrogen-bond donors (Lipinski definition) is 0. The van der Waals surface area contributed by atoms with E-state index in [1.54, 1.807) is 55.6 Å². The van der Waals surface area contributed by atoms with Crippen molar-refractivity contribution in [1.29, 1.82) is 0 Å². The summed E-state index contributed by atoms with van der Waals surface area (Å²) >= 11 is 0. The first-order chi connectivity index (χ1) is 14.5. The quantitative estimate of drug-likeness (QED) is 0.346. The molecule has 0 N–H and O–H groups in total. The second-order valence-electron chi connectivity index (χ2n) is 6.59. The van der Waals surface area contributed by atoms with Gasteiger partial charge in [0.2, 0.25) is 11.2 Å². The largest absolute Gasteiger partial charge is 0.497 e. The minimum Gasteiger partial charge on any atom is -0.497 e. The number of benzene rings is 2. The third-order valence-electron chi connectivity index (χ3n) is 4.49. The number of carbonyl (C=O) groups excluding carboxylic acids is 1. The fraction of sp³-hybridized carbons (Fsp3) is 0.0833. The van der Waals surface area contributed by atoms with E-state index in [4.69, 9.17) is 18.3 Å². The smallest absolute Gasteiger partial charge is 0.336 e. The Bertz CT molecular complexity index is 1280. The second kappa shape index (κ2) is 8.13. The summed E-state index contributed by atoms with van der Waals surface area (Å²) in [7, 11) is 1.56. The van der Waals surface area contributed by atoms with Crippen molar-refractivity contribution < 1.29 is 23.1 Å². The standard InChI is InChI=1S/C24H18O6/c1-15-5-11-20-19(14-15)22(26)24(30-21(25)12-10-18-4-3-13-28-18)23(29-20)16-6-8-17(27-2)9-7-16/h3-14H,1-2H3/b12-10+. The van der Waals surface area contributed by atoms with Crippen molar-refractivity contribution in [2.75, 3.05) is 7.11 Å². The van der Waals surface area contributed by atoms with Gasteiger partial charge in [0.05, 0.1) is 18.8 Å². The van der Waals surface area contributed by atoms with Crippen LogP contribution in [0.5, 0.6) is 11.5 Å². The highest BCUT2D eigenvalue weighted by Gasteiger charge is 2.20. The molecule has 0 fully saturated rings. The number of fused-ring (bicyclic) bond motifs is 1. The zero-order valence-electron chi connectivity index (χ0n) is 16.4. The lowest BCUT2D eigenvalue weighted by Crippen LogP contribution is -2.14. The molecule has 2 aromatic heterocycles. The van der Waals surface area contributed by atoms with Crippen LogP contribution in [-0.2, 0) is 4.79 Å². The summed E-state index contributed by atoms with van der Waals surface area (Å²) in [5.41, 5.74) is 1.45. The maximum atomic E-state index is 13.2. The summed E-state index contributed by atoms with van der Waals surface area (Å²) in [5.74, 6) is 0.410. The molecule has 4 aromatic rings. The molecule has 2 heterocycles. The number of furan rings is 1. The van der Waals surface area contributed by atoms with Crippen LogP contribution in [0.25, 0.3) is 28.4 Å².